The van der Waals surface area contributed by atoms with Crippen LogP contribution in [-0.2, 0) is 4.79 Å². The molecule has 2 aromatic carbocycles. The first kappa shape index (κ1) is 21.6. The normalized spacial score (nSPS) is 14.6. The van der Waals surface area contributed by atoms with Crippen LogP contribution in [0.5, 0.6) is 5.75 Å². The zero-order chi connectivity index (χ0) is 21.5. The third-order valence-corrected chi connectivity index (χ3v) is 4.77. The van der Waals surface area contributed by atoms with Gasteiger partial charge < -0.3 is 15.0 Å². The van der Waals surface area contributed by atoms with Gasteiger partial charge in [-0.25, -0.2) is 4.39 Å². The molecule has 0 aliphatic carbocycles. The van der Waals surface area contributed by atoms with Crippen LogP contribution in [-0.4, -0.2) is 60.9 Å². The van der Waals surface area contributed by atoms with E-state index in [1.165, 1.54) is 30.3 Å². The molecule has 0 atom stereocenters. The first-order valence-corrected chi connectivity index (χ1v) is 9.53. The maximum absolute atomic E-state index is 13.6. The summed E-state index contributed by atoms with van der Waals surface area (Å²) in [6, 6.07) is 11.7. The zero-order valence-corrected chi connectivity index (χ0v) is 16.2. The quantitative estimate of drug-likeness (QED) is 0.746. The van der Waals surface area contributed by atoms with Crippen LogP contribution < -0.4 is 10.1 Å². The second-order valence-corrected chi connectivity index (χ2v) is 6.82. The Morgan fingerprint density at radius 1 is 1.03 bits per heavy atom. The monoisotopic (exact) mass is 421 g/mol. The van der Waals surface area contributed by atoms with E-state index >= 15 is 0 Å². The van der Waals surface area contributed by atoms with Gasteiger partial charge in [-0.15, -0.1) is 0 Å². The average Bonchev–Trinajstić information content (AvgIpc) is 2.73. The number of rotatable bonds is 7. The molecule has 0 spiro atoms. The number of para-hydroxylation sites is 1. The van der Waals surface area contributed by atoms with Crippen LogP contribution in [0, 0.1) is 5.82 Å². The Morgan fingerprint density at radius 3 is 2.47 bits per heavy atom. The molecule has 1 heterocycles. The highest BCUT2D eigenvalue weighted by Crippen LogP contribution is 2.18. The molecule has 1 aliphatic heterocycles. The van der Waals surface area contributed by atoms with Gasteiger partial charge in [0, 0.05) is 44.7 Å². The van der Waals surface area contributed by atoms with Gasteiger partial charge in [-0.05, 0) is 30.3 Å². The average molecular weight is 421 g/mol. The summed E-state index contributed by atoms with van der Waals surface area (Å²) in [5.74, 6) is -1.09. The minimum Gasteiger partial charge on any atom is -0.435 e. The Labute approximate surface area is 172 Å². The van der Waals surface area contributed by atoms with E-state index in [1.54, 1.807) is 23.1 Å². The highest BCUT2D eigenvalue weighted by atomic mass is 19.3. The van der Waals surface area contributed by atoms with Crippen LogP contribution in [0.15, 0.2) is 48.5 Å². The van der Waals surface area contributed by atoms with Crippen molar-refractivity contribution in [2.24, 2.45) is 0 Å². The lowest BCUT2D eigenvalue weighted by Gasteiger charge is -2.34. The molecule has 0 bridgehead atoms. The molecular weight excluding hydrogens is 399 g/mol. The molecule has 3 rings (SSSR count). The number of benzene rings is 2. The molecule has 2 aromatic rings. The number of amides is 2. The molecule has 0 radical (unpaired) electrons. The van der Waals surface area contributed by atoms with Crippen LogP contribution in [0.2, 0.25) is 0 Å². The Kier molecular flexibility index (Phi) is 7.29. The van der Waals surface area contributed by atoms with E-state index in [9.17, 15) is 22.8 Å². The zero-order valence-electron chi connectivity index (χ0n) is 16.2. The number of nitrogens with zero attached hydrogens (tertiary/aromatic N) is 2. The molecule has 0 aromatic heterocycles. The largest absolute Gasteiger partial charge is 0.435 e. The molecule has 0 saturated carbocycles. The van der Waals surface area contributed by atoms with Gasteiger partial charge in [-0.3, -0.25) is 14.5 Å². The van der Waals surface area contributed by atoms with Gasteiger partial charge in [0.2, 0.25) is 5.91 Å². The number of hydrogen-bond donors (Lipinski definition) is 1. The fourth-order valence-electron chi connectivity index (χ4n) is 3.20. The van der Waals surface area contributed by atoms with Gasteiger partial charge in [-0.2, -0.15) is 8.78 Å². The van der Waals surface area contributed by atoms with Gasteiger partial charge in [0.15, 0.2) is 0 Å². The second kappa shape index (κ2) is 10.1. The van der Waals surface area contributed by atoms with Crippen molar-refractivity contribution < 1.29 is 27.5 Å². The molecule has 6 nitrogen and oxygen atoms in total. The molecular formula is C21H22F3N3O3. The Hall–Kier alpha value is -3.07. The predicted octanol–water partition coefficient (Wildman–Crippen LogP) is 3.21. The van der Waals surface area contributed by atoms with E-state index in [4.69, 9.17) is 0 Å². The number of alkyl halides is 2. The second-order valence-electron chi connectivity index (χ2n) is 6.82. The third-order valence-electron chi connectivity index (χ3n) is 4.77. The van der Waals surface area contributed by atoms with E-state index in [2.05, 4.69) is 10.1 Å². The van der Waals surface area contributed by atoms with Crippen LogP contribution in [0.1, 0.15) is 16.8 Å². The van der Waals surface area contributed by atoms with Crippen LogP contribution in [0.25, 0.3) is 0 Å². The molecule has 1 aliphatic rings. The van der Waals surface area contributed by atoms with Crippen molar-refractivity contribution in [2.75, 3.05) is 38.0 Å². The van der Waals surface area contributed by atoms with Crippen LogP contribution >= 0.6 is 0 Å². The fraction of sp³-hybridized carbons (Fsp3) is 0.333. The molecule has 0 unspecified atom stereocenters. The van der Waals surface area contributed by atoms with Crippen LogP contribution in [0.3, 0.4) is 0 Å². The number of halogens is 3. The Morgan fingerprint density at radius 2 is 1.77 bits per heavy atom. The van der Waals surface area contributed by atoms with Gasteiger partial charge in [-0.1, -0.05) is 18.2 Å². The molecule has 1 N–H and O–H groups in total. The minimum absolute atomic E-state index is 0.0599. The van der Waals surface area contributed by atoms with Gasteiger partial charge >= 0.3 is 6.61 Å². The number of carbonyl (C=O) groups is 2. The minimum atomic E-state index is -2.95. The standard InChI is InChI=1S/C21H22F3N3O3/c22-17-6-1-2-7-18(17)25-19(28)8-9-26-10-12-27(13-11-26)20(29)15-4-3-5-16(14-15)30-21(23)24/h1-7,14,21H,8-13H2,(H,25,28). The van der Waals surface area contributed by atoms with Crippen molar-refractivity contribution in [1.82, 2.24) is 9.80 Å². The van der Waals surface area contributed by atoms with Gasteiger partial charge in [0.05, 0.1) is 5.69 Å². The summed E-state index contributed by atoms with van der Waals surface area (Å²) in [4.78, 5) is 28.3. The van der Waals surface area contributed by atoms with Crippen molar-refractivity contribution in [3.8, 4) is 5.75 Å². The summed E-state index contributed by atoms with van der Waals surface area (Å²) < 4.78 is 42.6. The maximum atomic E-state index is 13.6. The lowest BCUT2D eigenvalue weighted by Crippen LogP contribution is -2.49. The Balaban J connectivity index is 1.45. The molecule has 9 heteroatoms. The number of anilines is 1. The van der Waals surface area contributed by atoms with Crippen LogP contribution in [0.4, 0.5) is 18.9 Å². The molecule has 2 amide bonds. The third kappa shape index (κ3) is 5.96. The molecule has 1 fully saturated rings. The summed E-state index contributed by atoms with van der Waals surface area (Å²) >= 11 is 0. The summed E-state index contributed by atoms with van der Waals surface area (Å²) in [5.41, 5.74) is 0.432. The summed E-state index contributed by atoms with van der Waals surface area (Å²) in [7, 11) is 0. The van der Waals surface area contributed by atoms with Crippen molar-refractivity contribution in [3.05, 3.63) is 59.9 Å². The fourth-order valence-corrected chi connectivity index (χ4v) is 3.20. The van der Waals surface area contributed by atoms with E-state index in [0.29, 0.717) is 32.7 Å². The molecule has 1 saturated heterocycles. The summed E-state index contributed by atoms with van der Waals surface area (Å²) in [6.45, 7) is -0.409. The number of ether oxygens (including phenoxy) is 1. The maximum Gasteiger partial charge on any atom is 0.387 e. The van der Waals surface area contributed by atoms with E-state index in [-0.39, 0.29) is 35.2 Å². The van der Waals surface area contributed by atoms with E-state index in [1.807, 2.05) is 4.90 Å². The van der Waals surface area contributed by atoms with Gasteiger partial charge in [0.25, 0.3) is 5.91 Å². The summed E-state index contributed by atoms with van der Waals surface area (Å²) in [5, 5.41) is 2.55. The number of hydrogen-bond acceptors (Lipinski definition) is 4. The van der Waals surface area contributed by atoms with Crippen molar-refractivity contribution in [3.63, 3.8) is 0 Å². The van der Waals surface area contributed by atoms with Crippen molar-refractivity contribution in [2.45, 2.75) is 13.0 Å². The number of piperazine rings is 1. The predicted molar refractivity (Wildman–Crippen MR) is 105 cm³/mol. The highest BCUT2D eigenvalue weighted by molar-refractivity contribution is 5.94. The Bertz CT molecular complexity index is 887. The summed E-state index contributed by atoms with van der Waals surface area (Å²) in [6.07, 6.45) is 0.204. The van der Waals surface area contributed by atoms with Crippen molar-refractivity contribution in [1.29, 1.82) is 0 Å². The molecule has 30 heavy (non-hydrogen) atoms. The lowest BCUT2D eigenvalue weighted by atomic mass is 10.1. The van der Waals surface area contributed by atoms with E-state index < -0.39 is 12.4 Å². The van der Waals surface area contributed by atoms with E-state index in [0.717, 1.165) is 0 Å². The topological polar surface area (TPSA) is 61.9 Å². The number of carbonyl (C=O) groups excluding carboxylic acids is 2. The van der Waals surface area contributed by atoms with Crippen molar-refractivity contribution >= 4 is 17.5 Å². The number of nitrogens with one attached hydrogen (secondary N) is 1. The smallest absolute Gasteiger partial charge is 0.387 e. The van der Waals surface area contributed by atoms with Gasteiger partial charge in [0.1, 0.15) is 11.6 Å². The SMILES string of the molecule is O=C(CCN1CCN(C(=O)c2cccc(OC(F)F)c2)CC1)Nc1ccccc1F. The molecule has 160 valence electrons. The first-order chi connectivity index (χ1) is 14.4. The lowest BCUT2D eigenvalue weighted by molar-refractivity contribution is -0.116. The highest BCUT2D eigenvalue weighted by Gasteiger charge is 2.23. The first-order valence-electron chi connectivity index (χ1n) is 9.53.